The molecule has 2 atom stereocenters. The minimum atomic E-state index is -1.65. The first-order valence-corrected chi connectivity index (χ1v) is 13.0. The zero-order valence-electron chi connectivity index (χ0n) is 21.5. The van der Waals surface area contributed by atoms with Gasteiger partial charge in [0, 0.05) is 36.8 Å². The van der Waals surface area contributed by atoms with Crippen molar-refractivity contribution in [2.75, 3.05) is 13.2 Å². The Kier molecular flexibility index (Phi) is 6.90. The van der Waals surface area contributed by atoms with Gasteiger partial charge < -0.3 is 14.5 Å². The molecule has 9 nitrogen and oxygen atoms in total. The number of carbonyl (C=O) groups is 4. The van der Waals surface area contributed by atoms with Gasteiger partial charge in [-0.15, -0.1) is 0 Å². The van der Waals surface area contributed by atoms with Gasteiger partial charge in [-0.1, -0.05) is 0 Å². The van der Waals surface area contributed by atoms with Gasteiger partial charge >= 0.3 is 0 Å². The van der Waals surface area contributed by atoms with Gasteiger partial charge in [-0.05, 0) is 75.4 Å². The number of ether oxygens (including phenoxy) is 1. The fourth-order valence-electron chi connectivity index (χ4n) is 5.33. The third-order valence-electron chi connectivity index (χ3n) is 7.44. The lowest BCUT2D eigenvalue weighted by atomic mass is 10.00. The second-order valence-corrected chi connectivity index (χ2v) is 10.6. The van der Waals surface area contributed by atoms with E-state index in [4.69, 9.17) is 4.74 Å². The molecule has 0 saturated carbocycles. The number of alkyl halides is 1. The number of halogens is 1. The first kappa shape index (κ1) is 25.8. The van der Waals surface area contributed by atoms with Crippen molar-refractivity contribution in [2.45, 2.75) is 70.2 Å². The van der Waals surface area contributed by atoms with E-state index < -0.39 is 17.6 Å². The summed E-state index contributed by atoms with van der Waals surface area (Å²) in [4.78, 5) is 57.4. The molecule has 0 bridgehead atoms. The minimum Gasteiger partial charge on any atom is -0.491 e. The van der Waals surface area contributed by atoms with Gasteiger partial charge in [0.25, 0.3) is 11.8 Å². The van der Waals surface area contributed by atoms with Crippen molar-refractivity contribution in [3.63, 3.8) is 0 Å². The van der Waals surface area contributed by atoms with E-state index in [0.717, 1.165) is 24.8 Å². The van der Waals surface area contributed by atoms with Crippen molar-refractivity contribution < 1.29 is 28.3 Å². The van der Waals surface area contributed by atoms with E-state index in [1.165, 1.54) is 31.0 Å². The molecule has 2 fully saturated rings. The van der Waals surface area contributed by atoms with Crippen LogP contribution in [0.1, 0.15) is 77.9 Å². The summed E-state index contributed by atoms with van der Waals surface area (Å²) in [6.45, 7) is 3.96. The van der Waals surface area contributed by atoms with E-state index in [9.17, 15) is 23.6 Å². The molecule has 200 valence electrons. The standard InChI is InChI=1S/C28H31FN4O5/c1-28(2,29)23-14-17(10-11-30-23)26(36)32-12-4-3-5-19(32)16-38-20-6-7-21-18(13-20)15-33(27(21)37)22-8-9-24(34)31-25(22)35/h6-7,10-11,13-14,19,22H,3-5,8-9,12,15-16H2,1-2H3,(H,31,34,35). The topological polar surface area (TPSA) is 109 Å². The third kappa shape index (κ3) is 5.12. The number of hydrogen-bond donors (Lipinski definition) is 1. The Bertz CT molecular complexity index is 1290. The number of nitrogens with one attached hydrogen (secondary N) is 1. The summed E-state index contributed by atoms with van der Waals surface area (Å²) in [5, 5.41) is 2.31. The van der Waals surface area contributed by atoms with Crippen LogP contribution in [-0.2, 0) is 21.8 Å². The third-order valence-corrected chi connectivity index (χ3v) is 7.44. The van der Waals surface area contributed by atoms with Gasteiger partial charge in [0.05, 0.1) is 11.7 Å². The monoisotopic (exact) mass is 522 g/mol. The molecule has 2 saturated heterocycles. The summed E-state index contributed by atoms with van der Waals surface area (Å²) < 4.78 is 20.5. The summed E-state index contributed by atoms with van der Waals surface area (Å²) in [5.74, 6) is -0.608. The first-order valence-electron chi connectivity index (χ1n) is 13.0. The summed E-state index contributed by atoms with van der Waals surface area (Å²) in [7, 11) is 0. The number of amides is 4. The molecule has 0 spiro atoms. The number of hydrogen-bond acceptors (Lipinski definition) is 6. The molecule has 3 aliphatic heterocycles. The van der Waals surface area contributed by atoms with Crippen LogP contribution in [0.2, 0.25) is 0 Å². The Labute approximate surface area is 220 Å². The van der Waals surface area contributed by atoms with Crippen molar-refractivity contribution in [3.05, 3.63) is 58.9 Å². The Balaban J connectivity index is 1.26. The van der Waals surface area contributed by atoms with E-state index >= 15 is 0 Å². The van der Waals surface area contributed by atoms with Crippen molar-refractivity contribution in [3.8, 4) is 5.75 Å². The van der Waals surface area contributed by atoms with Crippen molar-refractivity contribution in [1.29, 1.82) is 0 Å². The Morgan fingerprint density at radius 1 is 1.16 bits per heavy atom. The molecular weight excluding hydrogens is 491 g/mol. The largest absolute Gasteiger partial charge is 0.491 e. The maximum Gasteiger partial charge on any atom is 0.255 e. The number of rotatable bonds is 6. The summed E-state index contributed by atoms with van der Waals surface area (Å²) in [6.07, 6.45) is 4.60. The average Bonchev–Trinajstić information content (AvgIpc) is 3.22. The van der Waals surface area contributed by atoms with Crippen molar-refractivity contribution in [2.24, 2.45) is 0 Å². The van der Waals surface area contributed by atoms with Crippen LogP contribution in [0.25, 0.3) is 0 Å². The lowest BCUT2D eigenvalue weighted by Gasteiger charge is -2.35. The number of nitrogens with zero attached hydrogens (tertiary/aromatic N) is 3. The molecule has 3 aliphatic rings. The van der Waals surface area contributed by atoms with Gasteiger partial charge in [-0.3, -0.25) is 29.5 Å². The van der Waals surface area contributed by atoms with Crippen LogP contribution in [0.5, 0.6) is 5.75 Å². The van der Waals surface area contributed by atoms with Crippen LogP contribution in [0.3, 0.4) is 0 Å². The summed E-state index contributed by atoms with van der Waals surface area (Å²) >= 11 is 0. The molecule has 1 aromatic carbocycles. The number of pyridine rings is 1. The predicted octanol–water partition coefficient (Wildman–Crippen LogP) is 3.12. The van der Waals surface area contributed by atoms with E-state index in [0.29, 0.717) is 29.8 Å². The smallest absolute Gasteiger partial charge is 0.255 e. The quantitative estimate of drug-likeness (QED) is 0.584. The van der Waals surface area contributed by atoms with Gasteiger partial charge in [-0.2, -0.15) is 0 Å². The number of piperidine rings is 2. The van der Waals surface area contributed by atoms with Crippen LogP contribution in [0.4, 0.5) is 4.39 Å². The minimum absolute atomic E-state index is 0.152. The summed E-state index contributed by atoms with van der Waals surface area (Å²) in [5.41, 5.74) is 0.237. The van der Waals surface area contributed by atoms with E-state index in [1.54, 1.807) is 29.2 Å². The van der Waals surface area contributed by atoms with E-state index in [-0.39, 0.29) is 49.0 Å². The molecule has 0 aliphatic carbocycles. The normalized spacial score (nSPS) is 21.8. The highest BCUT2D eigenvalue weighted by molar-refractivity contribution is 6.05. The summed E-state index contributed by atoms with van der Waals surface area (Å²) in [6, 6.07) is 7.51. The van der Waals surface area contributed by atoms with Crippen LogP contribution in [0, 0.1) is 0 Å². The second-order valence-electron chi connectivity index (χ2n) is 10.6. The van der Waals surface area contributed by atoms with Gasteiger partial charge in [0.15, 0.2) is 0 Å². The molecule has 4 heterocycles. The highest BCUT2D eigenvalue weighted by atomic mass is 19.1. The molecule has 5 rings (SSSR count). The molecule has 2 aromatic rings. The van der Waals surface area contributed by atoms with Gasteiger partial charge in [0.2, 0.25) is 11.8 Å². The van der Waals surface area contributed by atoms with E-state index in [2.05, 4.69) is 10.3 Å². The van der Waals surface area contributed by atoms with Crippen LogP contribution in [0.15, 0.2) is 36.5 Å². The number of benzene rings is 1. The Hall–Kier alpha value is -3.82. The lowest BCUT2D eigenvalue weighted by molar-refractivity contribution is -0.136. The van der Waals surface area contributed by atoms with E-state index in [1.807, 2.05) is 0 Å². The Morgan fingerprint density at radius 3 is 2.74 bits per heavy atom. The first-order chi connectivity index (χ1) is 18.1. The number of likely N-dealkylation sites (tertiary alicyclic amines) is 1. The van der Waals surface area contributed by atoms with Gasteiger partial charge in [0.1, 0.15) is 24.1 Å². The lowest BCUT2D eigenvalue weighted by Crippen LogP contribution is -2.52. The molecule has 1 N–H and O–H groups in total. The molecule has 2 unspecified atom stereocenters. The second kappa shape index (κ2) is 10.2. The van der Waals surface area contributed by atoms with Crippen molar-refractivity contribution in [1.82, 2.24) is 20.1 Å². The number of fused-ring (bicyclic) bond motifs is 1. The zero-order valence-corrected chi connectivity index (χ0v) is 21.5. The fourth-order valence-corrected chi connectivity index (χ4v) is 5.33. The van der Waals surface area contributed by atoms with Crippen molar-refractivity contribution >= 4 is 23.6 Å². The zero-order chi connectivity index (χ0) is 27.0. The molecule has 1 aromatic heterocycles. The average molecular weight is 523 g/mol. The van der Waals surface area contributed by atoms with Gasteiger partial charge in [-0.25, -0.2) is 4.39 Å². The van der Waals surface area contributed by atoms with Crippen LogP contribution < -0.4 is 10.1 Å². The molecule has 38 heavy (non-hydrogen) atoms. The number of carbonyl (C=O) groups excluding carboxylic acids is 4. The number of aromatic nitrogens is 1. The number of imide groups is 1. The maximum atomic E-state index is 14.4. The fraction of sp³-hybridized carbons (Fsp3) is 0.464. The van der Waals surface area contributed by atoms with Crippen LogP contribution >= 0.6 is 0 Å². The highest BCUT2D eigenvalue weighted by Gasteiger charge is 2.39. The molecule has 10 heteroatoms. The Morgan fingerprint density at radius 2 is 1.97 bits per heavy atom. The highest BCUT2D eigenvalue weighted by Crippen LogP contribution is 2.31. The predicted molar refractivity (Wildman–Crippen MR) is 135 cm³/mol. The SMILES string of the molecule is CC(C)(F)c1cc(C(=O)N2CCCCC2COc2ccc3c(c2)CN(C2CCC(=O)NC2=O)C3=O)ccn1. The molecule has 0 radical (unpaired) electrons. The maximum absolute atomic E-state index is 14.4. The molecular formula is C28H31FN4O5. The van der Waals surface area contributed by atoms with Crippen LogP contribution in [-0.4, -0.2) is 63.6 Å². The molecule has 4 amide bonds.